The lowest BCUT2D eigenvalue weighted by atomic mass is 10.1. The monoisotopic (exact) mass is 270 g/mol. The molecule has 0 N–H and O–H groups in total. The van der Waals surface area contributed by atoms with Crippen LogP contribution in [0.3, 0.4) is 0 Å². The van der Waals surface area contributed by atoms with Crippen LogP contribution in [-0.2, 0) is 12.4 Å². The molecule has 0 fully saturated rings. The molecule has 0 aliphatic carbocycles. The highest BCUT2D eigenvalue weighted by Crippen LogP contribution is 2.22. The third kappa shape index (κ3) is 3.27. The molecule has 0 aliphatic rings. The standard InChI is InChI=1S/C16H15ClN2/c1-19(16-8-3-2-7-15(16)10-17)12-14-6-4-5-13(9-14)11-18/h2-9H,10,12H2,1H3. The van der Waals surface area contributed by atoms with E-state index < -0.39 is 0 Å². The van der Waals surface area contributed by atoms with Gasteiger partial charge in [0.15, 0.2) is 0 Å². The van der Waals surface area contributed by atoms with E-state index in [9.17, 15) is 0 Å². The van der Waals surface area contributed by atoms with Crippen LogP contribution in [0.4, 0.5) is 5.69 Å². The van der Waals surface area contributed by atoms with Crippen LogP contribution in [0.1, 0.15) is 16.7 Å². The molecule has 0 heterocycles. The smallest absolute Gasteiger partial charge is 0.0991 e. The Kier molecular flexibility index (Phi) is 4.43. The lowest BCUT2D eigenvalue weighted by Gasteiger charge is -2.22. The quantitative estimate of drug-likeness (QED) is 0.787. The van der Waals surface area contributed by atoms with E-state index in [-0.39, 0.29) is 0 Å². The number of alkyl halides is 1. The van der Waals surface area contributed by atoms with E-state index in [0.29, 0.717) is 11.4 Å². The highest BCUT2D eigenvalue weighted by Gasteiger charge is 2.07. The summed E-state index contributed by atoms with van der Waals surface area (Å²) < 4.78 is 0. The first-order valence-electron chi connectivity index (χ1n) is 6.08. The Morgan fingerprint density at radius 2 is 1.95 bits per heavy atom. The van der Waals surface area contributed by atoms with Crippen molar-refractivity contribution in [2.45, 2.75) is 12.4 Å². The van der Waals surface area contributed by atoms with Gasteiger partial charge in [0.05, 0.1) is 11.6 Å². The summed E-state index contributed by atoms with van der Waals surface area (Å²) in [5, 5.41) is 8.91. The van der Waals surface area contributed by atoms with Crippen LogP contribution in [-0.4, -0.2) is 7.05 Å². The van der Waals surface area contributed by atoms with E-state index in [2.05, 4.69) is 17.0 Å². The van der Waals surface area contributed by atoms with E-state index in [1.165, 1.54) is 0 Å². The summed E-state index contributed by atoms with van der Waals surface area (Å²) in [6, 6.07) is 17.9. The maximum Gasteiger partial charge on any atom is 0.0991 e. The number of para-hydroxylation sites is 1. The van der Waals surface area contributed by atoms with Crippen molar-refractivity contribution in [3.05, 3.63) is 65.2 Å². The van der Waals surface area contributed by atoms with Gasteiger partial charge in [0.25, 0.3) is 0 Å². The Morgan fingerprint density at radius 1 is 1.16 bits per heavy atom. The zero-order valence-corrected chi connectivity index (χ0v) is 11.6. The molecule has 0 bridgehead atoms. The highest BCUT2D eigenvalue weighted by atomic mass is 35.5. The van der Waals surface area contributed by atoms with Crippen LogP contribution < -0.4 is 4.90 Å². The number of anilines is 1. The average Bonchev–Trinajstić information content (AvgIpc) is 2.47. The molecule has 96 valence electrons. The van der Waals surface area contributed by atoms with Crippen molar-refractivity contribution in [3.63, 3.8) is 0 Å². The Hall–Kier alpha value is -1.98. The van der Waals surface area contributed by atoms with Gasteiger partial charge in [0.2, 0.25) is 0 Å². The van der Waals surface area contributed by atoms with Crippen molar-refractivity contribution in [1.29, 1.82) is 5.26 Å². The molecule has 0 unspecified atom stereocenters. The summed E-state index contributed by atoms with van der Waals surface area (Å²) in [4.78, 5) is 2.15. The lowest BCUT2D eigenvalue weighted by molar-refractivity contribution is 0.915. The van der Waals surface area contributed by atoms with Gasteiger partial charge in [-0.1, -0.05) is 30.3 Å². The molecule has 0 radical (unpaired) electrons. The molecule has 0 atom stereocenters. The number of hydrogen-bond donors (Lipinski definition) is 0. The van der Waals surface area contributed by atoms with Crippen LogP contribution in [0.5, 0.6) is 0 Å². The summed E-state index contributed by atoms with van der Waals surface area (Å²) >= 11 is 5.96. The van der Waals surface area contributed by atoms with E-state index in [1.807, 2.05) is 49.5 Å². The van der Waals surface area contributed by atoms with Crippen molar-refractivity contribution in [2.24, 2.45) is 0 Å². The summed E-state index contributed by atoms with van der Waals surface area (Å²) in [6.45, 7) is 0.753. The van der Waals surface area contributed by atoms with E-state index in [4.69, 9.17) is 16.9 Å². The average molecular weight is 271 g/mol. The zero-order chi connectivity index (χ0) is 13.7. The molecule has 0 saturated heterocycles. The maximum absolute atomic E-state index is 8.91. The van der Waals surface area contributed by atoms with E-state index in [1.54, 1.807) is 0 Å². The predicted molar refractivity (Wildman–Crippen MR) is 79.3 cm³/mol. The van der Waals surface area contributed by atoms with E-state index >= 15 is 0 Å². The van der Waals surface area contributed by atoms with Crippen molar-refractivity contribution >= 4 is 17.3 Å². The van der Waals surface area contributed by atoms with Gasteiger partial charge in [-0.15, -0.1) is 11.6 Å². The van der Waals surface area contributed by atoms with Gasteiger partial charge < -0.3 is 4.90 Å². The van der Waals surface area contributed by atoms with Crippen LogP contribution in [0, 0.1) is 11.3 Å². The fourth-order valence-corrected chi connectivity index (χ4v) is 2.32. The fourth-order valence-electron chi connectivity index (χ4n) is 2.09. The van der Waals surface area contributed by atoms with Gasteiger partial charge in [-0.2, -0.15) is 5.26 Å². The SMILES string of the molecule is CN(Cc1cccc(C#N)c1)c1ccccc1CCl. The third-order valence-corrected chi connectivity index (χ3v) is 3.31. The predicted octanol–water partition coefficient (Wildman–Crippen LogP) is 3.93. The summed E-state index contributed by atoms with van der Waals surface area (Å²) in [5.41, 5.74) is 4.05. The maximum atomic E-state index is 8.91. The summed E-state index contributed by atoms with van der Waals surface area (Å²) in [5.74, 6) is 0.499. The molecule has 2 rings (SSSR count). The van der Waals surface area contributed by atoms with Gasteiger partial charge in [-0.05, 0) is 29.3 Å². The molecule has 3 heteroatoms. The number of benzene rings is 2. The molecule has 0 aromatic heterocycles. The van der Waals surface area contributed by atoms with Crippen molar-refractivity contribution < 1.29 is 0 Å². The molecule has 19 heavy (non-hydrogen) atoms. The highest BCUT2D eigenvalue weighted by molar-refractivity contribution is 6.17. The second-order valence-corrected chi connectivity index (χ2v) is 4.70. The first-order chi connectivity index (χ1) is 9.24. The first kappa shape index (κ1) is 13.5. The second kappa shape index (κ2) is 6.26. The van der Waals surface area contributed by atoms with Crippen LogP contribution >= 0.6 is 11.6 Å². The zero-order valence-electron chi connectivity index (χ0n) is 10.8. The van der Waals surface area contributed by atoms with Gasteiger partial charge in [0, 0.05) is 25.2 Å². The normalized spacial score (nSPS) is 9.95. The van der Waals surface area contributed by atoms with Crippen molar-refractivity contribution in [3.8, 4) is 6.07 Å². The molecule has 2 nitrogen and oxygen atoms in total. The Labute approximate surface area is 118 Å². The molecule has 2 aromatic rings. The number of rotatable bonds is 4. The largest absolute Gasteiger partial charge is 0.370 e. The van der Waals surface area contributed by atoms with Crippen molar-refractivity contribution in [1.82, 2.24) is 0 Å². The van der Waals surface area contributed by atoms with Gasteiger partial charge in [-0.25, -0.2) is 0 Å². The minimum Gasteiger partial charge on any atom is -0.370 e. The molecular weight excluding hydrogens is 256 g/mol. The molecule has 0 spiro atoms. The summed E-state index contributed by atoms with van der Waals surface area (Å²) in [6.07, 6.45) is 0. The minimum atomic E-state index is 0.499. The van der Waals surface area contributed by atoms with Crippen LogP contribution in [0.25, 0.3) is 0 Å². The Balaban J connectivity index is 2.21. The van der Waals surface area contributed by atoms with Crippen LogP contribution in [0.2, 0.25) is 0 Å². The molecule has 0 amide bonds. The number of hydrogen-bond acceptors (Lipinski definition) is 2. The number of nitriles is 1. The molecule has 0 aliphatic heterocycles. The first-order valence-corrected chi connectivity index (χ1v) is 6.62. The molecule has 2 aromatic carbocycles. The summed E-state index contributed by atoms with van der Waals surface area (Å²) in [7, 11) is 2.03. The van der Waals surface area contributed by atoms with Crippen LogP contribution in [0.15, 0.2) is 48.5 Å². The van der Waals surface area contributed by atoms with Gasteiger partial charge in [0.1, 0.15) is 0 Å². The van der Waals surface area contributed by atoms with E-state index in [0.717, 1.165) is 23.4 Å². The fraction of sp³-hybridized carbons (Fsp3) is 0.188. The van der Waals surface area contributed by atoms with Crippen molar-refractivity contribution in [2.75, 3.05) is 11.9 Å². The second-order valence-electron chi connectivity index (χ2n) is 4.43. The molecular formula is C16H15ClN2. The Bertz CT molecular complexity index is 602. The number of nitrogens with zero attached hydrogens (tertiary/aromatic N) is 2. The lowest BCUT2D eigenvalue weighted by Crippen LogP contribution is -2.17. The topological polar surface area (TPSA) is 27.0 Å². The minimum absolute atomic E-state index is 0.499. The van der Waals surface area contributed by atoms with Gasteiger partial charge >= 0.3 is 0 Å². The number of halogens is 1. The third-order valence-electron chi connectivity index (χ3n) is 3.02. The van der Waals surface area contributed by atoms with Gasteiger partial charge in [-0.3, -0.25) is 0 Å². The molecule has 0 saturated carbocycles. The Morgan fingerprint density at radius 3 is 2.68 bits per heavy atom.